The van der Waals surface area contributed by atoms with Crippen molar-refractivity contribution in [3.63, 3.8) is 0 Å². The SMILES string of the molecule is [O]C(=O)C(CO)CO. The average molecular weight is 119 g/mol. The zero-order valence-corrected chi connectivity index (χ0v) is 4.20. The van der Waals surface area contributed by atoms with E-state index in [-0.39, 0.29) is 0 Å². The van der Waals surface area contributed by atoms with E-state index in [4.69, 9.17) is 10.2 Å². The molecule has 0 amide bonds. The molecule has 0 aromatic heterocycles. The summed E-state index contributed by atoms with van der Waals surface area (Å²) in [7, 11) is 0. The van der Waals surface area contributed by atoms with Crippen LogP contribution in [-0.4, -0.2) is 29.4 Å². The van der Waals surface area contributed by atoms with Gasteiger partial charge in [0, 0.05) is 0 Å². The molecular formula is C4H7O4. The Morgan fingerprint density at radius 1 is 1.38 bits per heavy atom. The van der Waals surface area contributed by atoms with Crippen LogP contribution in [0.4, 0.5) is 0 Å². The zero-order chi connectivity index (χ0) is 6.57. The van der Waals surface area contributed by atoms with Gasteiger partial charge in [-0.05, 0) is 0 Å². The van der Waals surface area contributed by atoms with Gasteiger partial charge in [-0.3, -0.25) is 0 Å². The lowest BCUT2D eigenvalue weighted by molar-refractivity contribution is -0.150. The smallest absolute Gasteiger partial charge is 0.363 e. The Morgan fingerprint density at radius 3 is 1.75 bits per heavy atom. The molecule has 4 heteroatoms. The first-order chi connectivity index (χ1) is 3.72. The van der Waals surface area contributed by atoms with Crippen LogP contribution in [0.3, 0.4) is 0 Å². The van der Waals surface area contributed by atoms with Crippen LogP contribution in [0, 0.1) is 5.92 Å². The van der Waals surface area contributed by atoms with Crippen LogP contribution < -0.4 is 0 Å². The van der Waals surface area contributed by atoms with Crippen LogP contribution in [0.5, 0.6) is 0 Å². The molecule has 0 bridgehead atoms. The zero-order valence-electron chi connectivity index (χ0n) is 4.20. The molecule has 0 saturated carbocycles. The normalized spacial score (nSPS) is 9.88. The molecule has 4 nitrogen and oxygen atoms in total. The predicted molar refractivity (Wildman–Crippen MR) is 23.4 cm³/mol. The van der Waals surface area contributed by atoms with Crippen molar-refractivity contribution in [2.75, 3.05) is 13.2 Å². The molecule has 0 aromatic rings. The van der Waals surface area contributed by atoms with E-state index in [1.165, 1.54) is 0 Å². The van der Waals surface area contributed by atoms with Crippen molar-refractivity contribution in [2.24, 2.45) is 5.92 Å². The first kappa shape index (κ1) is 7.39. The number of hydrogen-bond donors (Lipinski definition) is 2. The van der Waals surface area contributed by atoms with Crippen LogP contribution in [0.25, 0.3) is 0 Å². The summed E-state index contributed by atoms with van der Waals surface area (Å²) in [4.78, 5) is 9.73. The van der Waals surface area contributed by atoms with Crippen molar-refractivity contribution in [1.82, 2.24) is 0 Å². The number of hydrogen-bond acceptors (Lipinski definition) is 3. The topological polar surface area (TPSA) is 77.4 Å². The van der Waals surface area contributed by atoms with Gasteiger partial charge >= 0.3 is 5.97 Å². The van der Waals surface area contributed by atoms with Crippen LogP contribution in [-0.2, 0) is 9.90 Å². The maximum absolute atomic E-state index is 9.73. The lowest BCUT2D eigenvalue weighted by atomic mass is 10.2. The molecule has 0 saturated heterocycles. The quantitative estimate of drug-likeness (QED) is 0.476. The first-order valence-corrected chi connectivity index (χ1v) is 2.15. The van der Waals surface area contributed by atoms with Crippen molar-refractivity contribution in [1.29, 1.82) is 0 Å². The first-order valence-electron chi connectivity index (χ1n) is 2.15. The number of aliphatic hydroxyl groups excluding tert-OH is 2. The second kappa shape index (κ2) is 3.40. The summed E-state index contributed by atoms with van der Waals surface area (Å²) in [6.07, 6.45) is 0. The van der Waals surface area contributed by atoms with E-state index in [1.807, 2.05) is 0 Å². The molecule has 0 heterocycles. The molecule has 0 fully saturated rings. The Kier molecular flexibility index (Phi) is 3.14. The van der Waals surface area contributed by atoms with Gasteiger partial charge in [-0.25, -0.2) is 9.90 Å². The summed E-state index contributed by atoms with van der Waals surface area (Å²) < 4.78 is 0. The molecule has 0 aliphatic rings. The highest BCUT2D eigenvalue weighted by Gasteiger charge is 2.15. The Hall–Kier alpha value is -0.610. The van der Waals surface area contributed by atoms with Crippen molar-refractivity contribution in [3.8, 4) is 0 Å². The highest BCUT2D eigenvalue weighted by atomic mass is 16.4. The van der Waals surface area contributed by atoms with Crippen molar-refractivity contribution >= 4 is 5.97 Å². The van der Waals surface area contributed by atoms with Gasteiger partial charge < -0.3 is 10.2 Å². The van der Waals surface area contributed by atoms with E-state index in [0.29, 0.717) is 0 Å². The molecule has 0 spiro atoms. The molecule has 0 aliphatic carbocycles. The Morgan fingerprint density at radius 2 is 1.75 bits per heavy atom. The monoisotopic (exact) mass is 119 g/mol. The Labute approximate surface area is 46.4 Å². The van der Waals surface area contributed by atoms with E-state index < -0.39 is 25.1 Å². The highest BCUT2D eigenvalue weighted by molar-refractivity contribution is 5.69. The molecule has 2 N–H and O–H groups in total. The van der Waals surface area contributed by atoms with Crippen LogP contribution in [0.1, 0.15) is 0 Å². The fraction of sp³-hybridized carbons (Fsp3) is 0.750. The second-order valence-corrected chi connectivity index (χ2v) is 1.38. The molecule has 0 aromatic carbocycles. The van der Waals surface area contributed by atoms with Gasteiger partial charge in [0.2, 0.25) is 0 Å². The summed E-state index contributed by atoms with van der Waals surface area (Å²) >= 11 is 0. The maximum atomic E-state index is 9.73. The van der Waals surface area contributed by atoms with Gasteiger partial charge in [0.1, 0.15) is 5.92 Å². The van der Waals surface area contributed by atoms with Crippen molar-refractivity contribution in [3.05, 3.63) is 0 Å². The third kappa shape index (κ3) is 1.90. The minimum atomic E-state index is -1.42. The van der Waals surface area contributed by atoms with Crippen LogP contribution in [0.2, 0.25) is 0 Å². The van der Waals surface area contributed by atoms with Gasteiger partial charge in [0.05, 0.1) is 13.2 Å². The van der Waals surface area contributed by atoms with Crippen molar-refractivity contribution < 1.29 is 20.1 Å². The summed E-state index contributed by atoms with van der Waals surface area (Å²) in [5.74, 6) is -2.55. The third-order valence-corrected chi connectivity index (χ3v) is 0.774. The van der Waals surface area contributed by atoms with Gasteiger partial charge in [0.15, 0.2) is 0 Å². The number of carbonyl (C=O) groups is 1. The molecule has 0 atom stereocenters. The van der Waals surface area contributed by atoms with Crippen LogP contribution in [0.15, 0.2) is 0 Å². The number of aliphatic hydroxyl groups is 2. The molecule has 47 valence electrons. The molecule has 0 aliphatic heterocycles. The maximum Gasteiger partial charge on any atom is 0.363 e. The van der Waals surface area contributed by atoms with Gasteiger partial charge in [-0.2, -0.15) is 0 Å². The minimum absolute atomic E-state index is 0.571. The standard InChI is InChI=1S/C4H7O4/c5-1-3(2-6)4(7)8/h3,5-6H,1-2H2. The average Bonchev–Trinajstić information content (AvgIpc) is 1.69. The van der Waals surface area contributed by atoms with E-state index in [0.717, 1.165) is 0 Å². The fourth-order valence-electron chi connectivity index (χ4n) is 0.207. The lowest BCUT2D eigenvalue weighted by Crippen LogP contribution is -2.20. The number of rotatable bonds is 3. The Balaban J connectivity index is 3.52. The van der Waals surface area contributed by atoms with Gasteiger partial charge in [-0.1, -0.05) is 0 Å². The summed E-state index contributed by atoms with van der Waals surface area (Å²) in [5.41, 5.74) is 0. The molecule has 0 unspecified atom stereocenters. The predicted octanol–water partition coefficient (Wildman–Crippen LogP) is -1.46. The summed E-state index contributed by atoms with van der Waals surface area (Å²) in [6.45, 7) is -1.14. The molecule has 1 radical (unpaired) electrons. The minimum Gasteiger partial charge on any atom is -0.395 e. The third-order valence-electron chi connectivity index (χ3n) is 0.774. The van der Waals surface area contributed by atoms with E-state index >= 15 is 0 Å². The fourth-order valence-corrected chi connectivity index (χ4v) is 0.207. The molecular weight excluding hydrogens is 112 g/mol. The second-order valence-electron chi connectivity index (χ2n) is 1.38. The van der Waals surface area contributed by atoms with Gasteiger partial charge in [-0.15, -0.1) is 0 Å². The lowest BCUT2D eigenvalue weighted by Gasteiger charge is -1.98. The Bertz CT molecular complexity index is 76.1. The summed E-state index contributed by atoms with van der Waals surface area (Å²) in [6, 6.07) is 0. The van der Waals surface area contributed by atoms with Crippen LogP contribution >= 0.6 is 0 Å². The highest BCUT2D eigenvalue weighted by Crippen LogP contribution is 1.91. The van der Waals surface area contributed by atoms with E-state index in [9.17, 15) is 9.90 Å². The van der Waals surface area contributed by atoms with Gasteiger partial charge in [0.25, 0.3) is 0 Å². The molecule has 8 heavy (non-hydrogen) atoms. The summed E-state index contributed by atoms with van der Waals surface area (Å²) in [5, 5.41) is 26.0. The van der Waals surface area contributed by atoms with E-state index in [2.05, 4.69) is 0 Å². The number of carbonyl (C=O) groups excluding carboxylic acids is 1. The van der Waals surface area contributed by atoms with Crippen molar-refractivity contribution in [2.45, 2.75) is 0 Å². The molecule has 0 rings (SSSR count). The largest absolute Gasteiger partial charge is 0.395 e. The van der Waals surface area contributed by atoms with E-state index in [1.54, 1.807) is 0 Å².